The van der Waals surface area contributed by atoms with Gasteiger partial charge in [0, 0.05) is 18.3 Å². The number of ether oxygens (including phenoxy) is 2. The van der Waals surface area contributed by atoms with Gasteiger partial charge >= 0.3 is 0 Å². The smallest absolute Gasteiger partial charge is 0.186 e. The van der Waals surface area contributed by atoms with Crippen LogP contribution in [0.2, 0.25) is 0 Å². The Morgan fingerprint density at radius 2 is 1.79 bits per heavy atom. The van der Waals surface area contributed by atoms with Crippen LogP contribution in [0.15, 0.2) is 11.6 Å². The van der Waals surface area contributed by atoms with Gasteiger partial charge in [-0.15, -0.1) is 0 Å². The van der Waals surface area contributed by atoms with Crippen LogP contribution in [0, 0.1) is 28.1 Å². The van der Waals surface area contributed by atoms with Crippen LogP contribution in [0.3, 0.4) is 0 Å². The summed E-state index contributed by atoms with van der Waals surface area (Å²) in [7, 11) is 0. The molecule has 34 heavy (non-hydrogen) atoms. The Balaban J connectivity index is 1.46. The van der Waals surface area contributed by atoms with E-state index in [1.165, 1.54) is 5.57 Å². The van der Waals surface area contributed by atoms with Gasteiger partial charge in [-0.05, 0) is 48.3 Å². The van der Waals surface area contributed by atoms with Gasteiger partial charge in [-0.3, -0.25) is 4.79 Å². The van der Waals surface area contributed by atoms with Crippen molar-refractivity contribution in [2.45, 2.75) is 103 Å². The van der Waals surface area contributed by atoms with Crippen molar-refractivity contribution >= 4 is 5.78 Å². The van der Waals surface area contributed by atoms with Crippen molar-refractivity contribution in [3.05, 3.63) is 11.6 Å². The molecule has 4 aliphatic rings. The molecule has 0 amide bonds. The first-order valence-corrected chi connectivity index (χ1v) is 12.7. The maximum absolute atomic E-state index is 12.6. The van der Waals surface area contributed by atoms with E-state index in [1.807, 2.05) is 6.92 Å². The highest BCUT2D eigenvalue weighted by molar-refractivity contribution is 5.81. The Hall–Kier alpha value is -0.870. The molecule has 5 N–H and O–H groups in total. The molecular weight excluding hydrogens is 440 g/mol. The number of hydrogen-bond donors (Lipinski definition) is 5. The third-order valence-electron chi connectivity index (χ3n) is 9.45. The van der Waals surface area contributed by atoms with Crippen LogP contribution in [0.4, 0.5) is 0 Å². The van der Waals surface area contributed by atoms with Crippen molar-refractivity contribution in [1.82, 2.24) is 0 Å². The molecule has 3 aliphatic carbocycles. The lowest BCUT2D eigenvalue weighted by Crippen LogP contribution is -2.59. The number of Topliss-reactive ketones (excluding diaryl/α,β-unsaturated/α-hetero) is 1. The Morgan fingerprint density at radius 3 is 2.47 bits per heavy atom. The van der Waals surface area contributed by atoms with Gasteiger partial charge in [0.2, 0.25) is 0 Å². The average molecular weight is 483 g/mol. The number of ketones is 1. The second-order valence-corrected chi connectivity index (χ2v) is 12.3. The minimum Gasteiger partial charge on any atom is -0.394 e. The zero-order valence-corrected chi connectivity index (χ0v) is 20.8. The van der Waals surface area contributed by atoms with Crippen molar-refractivity contribution in [3.63, 3.8) is 0 Å². The summed E-state index contributed by atoms with van der Waals surface area (Å²) in [5.74, 6) is 1.19. The molecule has 0 aromatic carbocycles. The number of carbonyl (C=O) groups excluding carboxylic acids is 1. The normalized spacial score (nSPS) is 47.4. The highest BCUT2D eigenvalue weighted by atomic mass is 16.7. The van der Waals surface area contributed by atoms with Crippen LogP contribution < -0.4 is 0 Å². The Kier molecular flexibility index (Phi) is 7.10. The SMILES string of the molecule is CC1(C)CC(=O)CC2(C)C3CCC(C)(C(O)COC4OC(CO)C(O)C(O)C4O)C=C3CCC12. The summed E-state index contributed by atoms with van der Waals surface area (Å²) in [5, 5.41) is 50.5. The van der Waals surface area contributed by atoms with Crippen molar-refractivity contribution in [1.29, 1.82) is 0 Å². The molecule has 2 saturated carbocycles. The van der Waals surface area contributed by atoms with Gasteiger partial charge in [-0.1, -0.05) is 39.3 Å². The molecule has 3 fully saturated rings. The Labute approximate surface area is 202 Å². The average Bonchev–Trinajstić information content (AvgIpc) is 2.75. The first-order chi connectivity index (χ1) is 15.8. The monoisotopic (exact) mass is 482 g/mol. The first kappa shape index (κ1) is 26.2. The zero-order valence-electron chi connectivity index (χ0n) is 20.8. The van der Waals surface area contributed by atoms with Crippen molar-refractivity contribution in [2.24, 2.45) is 28.1 Å². The first-order valence-electron chi connectivity index (χ1n) is 12.7. The predicted octanol–water partition coefficient (Wildman–Crippen LogP) is 1.31. The molecule has 194 valence electrons. The third-order valence-corrected chi connectivity index (χ3v) is 9.45. The molecule has 1 saturated heterocycles. The van der Waals surface area contributed by atoms with E-state index in [9.17, 15) is 30.3 Å². The fourth-order valence-corrected chi connectivity index (χ4v) is 7.61. The van der Waals surface area contributed by atoms with Gasteiger partial charge in [0.15, 0.2) is 6.29 Å². The lowest BCUT2D eigenvalue weighted by atomic mass is 9.45. The molecular formula is C26H42O8. The second-order valence-electron chi connectivity index (χ2n) is 12.3. The van der Waals surface area contributed by atoms with Crippen molar-refractivity contribution in [2.75, 3.05) is 13.2 Å². The zero-order chi connectivity index (χ0) is 25.1. The number of rotatable bonds is 5. The van der Waals surface area contributed by atoms with E-state index in [4.69, 9.17) is 9.47 Å². The molecule has 1 aliphatic heterocycles. The lowest BCUT2D eigenvalue weighted by Gasteiger charge is -2.59. The Bertz CT molecular complexity index is 809. The third kappa shape index (κ3) is 4.40. The topological polar surface area (TPSA) is 137 Å². The van der Waals surface area contributed by atoms with Gasteiger partial charge in [0.1, 0.15) is 30.2 Å². The molecule has 0 aromatic heterocycles. The van der Waals surface area contributed by atoms with E-state index in [-0.39, 0.29) is 17.4 Å². The maximum Gasteiger partial charge on any atom is 0.186 e. The maximum atomic E-state index is 12.6. The number of carbonyl (C=O) groups is 1. The molecule has 8 heteroatoms. The van der Waals surface area contributed by atoms with Gasteiger partial charge in [0.05, 0.1) is 19.3 Å². The predicted molar refractivity (Wildman–Crippen MR) is 123 cm³/mol. The molecule has 1 heterocycles. The van der Waals surface area contributed by atoms with Crippen molar-refractivity contribution < 1.29 is 39.8 Å². The number of aliphatic hydroxyl groups excluding tert-OH is 5. The van der Waals surface area contributed by atoms with Crippen LogP contribution in [-0.2, 0) is 14.3 Å². The lowest BCUT2D eigenvalue weighted by molar-refractivity contribution is -0.306. The van der Waals surface area contributed by atoms with Gasteiger partial charge in [0.25, 0.3) is 0 Å². The fourth-order valence-electron chi connectivity index (χ4n) is 7.61. The summed E-state index contributed by atoms with van der Waals surface area (Å²) in [6.45, 7) is 8.09. The summed E-state index contributed by atoms with van der Waals surface area (Å²) in [4.78, 5) is 12.6. The number of allylic oxidation sites excluding steroid dienone is 1. The molecule has 0 spiro atoms. The minimum absolute atomic E-state index is 0.00905. The number of hydrogen-bond acceptors (Lipinski definition) is 8. The summed E-state index contributed by atoms with van der Waals surface area (Å²) in [6.07, 6.45) is -0.496. The molecule has 8 nitrogen and oxygen atoms in total. The fraction of sp³-hybridized carbons (Fsp3) is 0.885. The summed E-state index contributed by atoms with van der Waals surface area (Å²) in [5.41, 5.74) is 0.749. The molecule has 4 rings (SSSR count). The van der Waals surface area contributed by atoms with Crippen LogP contribution in [0.1, 0.15) is 66.2 Å². The van der Waals surface area contributed by atoms with E-state index in [1.54, 1.807) is 0 Å². The molecule has 10 unspecified atom stereocenters. The summed E-state index contributed by atoms with van der Waals surface area (Å²) < 4.78 is 11.0. The highest BCUT2D eigenvalue weighted by Crippen LogP contribution is 2.63. The molecule has 0 bridgehead atoms. The summed E-state index contributed by atoms with van der Waals surface area (Å²) >= 11 is 0. The van der Waals surface area contributed by atoms with Gasteiger partial charge in [-0.25, -0.2) is 0 Å². The summed E-state index contributed by atoms with van der Waals surface area (Å²) in [6, 6.07) is 0. The van der Waals surface area contributed by atoms with E-state index >= 15 is 0 Å². The standard InChI is InChI=1S/C26H42O8/c1-24(2)10-15(28)11-26(4)16-7-8-25(3,9-14(16)5-6-18(24)26)19(29)13-33-23-22(32)21(31)20(30)17(12-27)34-23/h9,16-23,27,29-32H,5-8,10-13H2,1-4H3. The second kappa shape index (κ2) is 9.21. The van der Waals surface area contributed by atoms with Crippen LogP contribution >= 0.6 is 0 Å². The Morgan fingerprint density at radius 1 is 1.09 bits per heavy atom. The molecule has 10 atom stereocenters. The quantitative estimate of drug-likeness (QED) is 0.370. The highest BCUT2D eigenvalue weighted by Gasteiger charge is 2.57. The van der Waals surface area contributed by atoms with Crippen LogP contribution in [0.25, 0.3) is 0 Å². The van der Waals surface area contributed by atoms with E-state index in [2.05, 4.69) is 26.8 Å². The van der Waals surface area contributed by atoms with E-state index in [0.717, 1.165) is 25.7 Å². The van der Waals surface area contributed by atoms with Gasteiger partial charge in [-0.2, -0.15) is 0 Å². The molecule has 0 radical (unpaired) electrons. The minimum atomic E-state index is -1.51. The molecule has 0 aromatic rings. The van der Waals surface area contributed by atoms with E-state index in [0.29, 0.717) is 30.5 Å². The van der Waals surface area contributed by atoms with Gasteiger partial charge < -0.3 is 35.0 Å². The number of fused-ring (bicyclic) bond motifs is 3. The number of aliphatic hydroxyl groups is 5. The van der Waals surface area contributed by atoms with Crippen LogP contribution in [0.5, 0.6) is 0 Å². The largest absolute Gasteiger partial charge is 0.394 e. The van der Waals surface area contributed by atoms with E-state index < -0.39 is 48.8 Å². The van der Waals surface area contributed by atoms with Crippen LogP contribution in [-0.4, -0.2) is 81.3 Å². The van der Waals surface area contributed by atoms with Crippen molar-refractivity contribution in [3.8, 4) is 0 Å².